The molecule has 0 spiro atoms. The number of nitrogens with one attached hydrogen (secondary N) is 2. The minimum Gasteiger partial charge on any atom is -0.475 e. The van der Waals surface area contributed by atoms with Crippen molar-refractivity contribution in [1.29, 1.82) is 0 Å². The van der Waals surface area contributed by atoms with Gasteiger partial charge < -0.3 is 25.1 Å². The van der Waals surface area contributed by atoms with Gasteiger partial charge in [-0.15, -0.1) is 0 Å². The van der Waals surface area contributed by atoms with Crippen LogP contribution < -0.4 is 15.5 Å². The fourth-order valence-corrected chi connectivity index (χ4v) is 4.61. The normalized spacial score (nSPS) is 24.3. The highest BCUT2D eigenvalue weighted by atomic mass is 19.4. The van der Waals surface area contributed by atoms with Crippen molar-refractivity contribution in [3.8, 4) is 0 Å². The maximum Gasteiger partial charge on any atom is 0.416 e. The number of carbonyl (C=O) groups is 1. The zero-order valence-corrected chi connectivity index (χ0v) is 17.6. The van der Waals surface area contributed by atoms with E-state index in [9.17, 15) is 18.0 Å². The number of carboxylic acid groups (broad SMARTS) is 1. The summed E-state index contributed by atoms with van der Waals surface area (Å²) < 4.78 is 43.8. The summed E-state index contributed by atoms with van der Waals surface area (Å²) >= 11 is 0. The van der Waals surface area contributed by atoms with Gasteiger partial charge in [0, 0.05) is 36.9 Å². The first-order valence-corrected chi connectivity index (χ1v) is 10.9. The van der Waals surface area contributed by atoms with E-state index < -0.39 is 17.7 Å². The smallest absolute Gasteiger partial charge is 0.416 e. The van der Waals surface area contributed by atoms with Crippen LogP contribution in [0.4, 0.5) is 24.9 Å². The molecule has 32 heavy (non-hydrogen) atoms. The lowest BCUT2D eigenvalue weighted by molar-refractivity contribution is -0.137. The molecule has 4 rings (SSSR count). The molecule has 1 aliphatic carbocycles. The number of alkyl halides is 3. The lowest BCUT2D eigenvalue weighted by Gasteiger charge is -2.40. The van der Waals surface area contributed by atoms with Crippen LogP contribution in [0.5, 0.6) is 0 Å². The van der Waals surface area contributed by atoms with E-state index >= 15 is 0 Å². The number of aromatic nitrogens is 1. The van der Waals surface area contributed by atoms with Crippen molar-refractivity contribution in [2.45, 2.75) is 62.8 Å². The summed E-state index contributed by atoms with van der Waals surface area (Å²) in [6.45, 7) is 1.53. The summed E-state index contributed by atoms with van der Waals surface area (Å²) in [4.78, 5) is 17.2. The van der Waals surface area contributed by atoms with Gasteiger partial charge in [0.25, 0.3) is 6.01 Å². The van der Waals surface area contributed by atoms with E-state index in [1.807, 2.05) is 0 Å². The Morgan fingerprint density at radius 3 is 2.47 bits per heavy atom. The molecule has 0 radical (unpaired) electrons. The van der Waals surface area contributed by atoms with Gasteiger partial charge in [0.1, 0.15) is 0 Å². The van der Waals surface area contributed by atoms with E-state index in [1.165, 1.54) is 6.20 Å². The van der Waals surface area contributed by atoms with Crippen molar-refractivity contribution in [2.75, 3.05) is 23.3 Å². The maximum absolute atomic E-state index is 12.8. The molecule has 1 aromatic carbocycles. The topological polar surface area (TPSA) is 90.6 Å². The number of oxazole rings is 1. The monoisotopic (exact) mass is 452 g/mol. The Morgan fingerprint density at radius 2 is 1.81 bits per heavy atom. The van der Waals surface area contributed by atoms with Gasteiger partial charge in [-0.2, -0.15) is 13.2 Å². The van der Waals surface area contributed by atoms with Crippen LogP contribution >= 0.6 is 0 Å². The highest BCUT2D eigenvalue weighted by molar-refractivity contribution is 5.84. The van der Waals surface area contributed by atoms with Gasteiger partial charge in [-0.1, -0.05) is 12.8 Å². The number of anilines is 2. The molecule has 0 bridgehead atoms. The van der Waals surface area contributed by atoms with Gasteiger partial charge in [-0.05, 0) is 49.9 Å². The fourth-order valence-electron chi connectivity index (χ4n) is 4.61. The molecule has 174 valence electrons. The zero-order chi connectivity index (χ0) is 22.7. The number of hydrogen-bond donors (Lipinski definition) is 3. The van der Waals surface area contributed by atoms with Gasteiger partial charge in [-0.3, -0.25) is 0 Å². The Labute approximate surface area is 184 Å². The number of nitrogens with zero attached hydrogens (tertiary/aromatic N) is 2. The van der Waals surface area contributed by atoms with Gasteiger partial charge in [0.2, 0.25) is 5.76 Å². The van der Waals surface area contributed by atoms with Crippen LogP contribution in [-0.2, 0) is 6.18 Å². The number of hydrogen-bond acceptors (Lipinski definition) is 6. The second-order valence-electron chi connectivity index (χ2n) is 8.47. The first-order valence-electron chi connectivity index (χ1n) is 10.9. The molecule has 7 nitrogen and oxygen atoms in total. The SMILES string of the molecule is O=C(O)c1cnc(N[C@@H]2CCCC[C@H]2N[C@H]2CCCN(c3ccc(C(F)(F)F)cc3)C2)o1. The number of rotatable bonds is 6. The standard InChI is InChI=1S/C22H27F3N4O3/c23-22(24,25)14-7-9-16(10-8-14)29-11-3-4-15(13-29)27-17-5-1-2-6-18(17)28-21-26-12-19(32-21)20(30)31/h7-10,12,15,17-18,27H,1-6,11,13H2,(H,26,28)(H,30,31)/t15-,17+,18+/m0/s1. The molecular formula is C22H27F3N4O3. The summed E-state index contributed by atoms with van der Waals surface area (Å²) in [6, 6.07) is 5.99. The molecule has 3 atom stereocenters. The molecule has 2 aliphatic rings. The molecule has 2 aromatic rings. The summed E-state index contributed by atoms with van der Waals surface area (Å²) in [5.41, 5.74) is 0.158. The molecule has 10 heteroatoms. The zero-order valence-electron chi connectivity index (χ0n) is 17.6. The Bertz CT molecular complexity index is 916. The summed E-state index contributed by atoms with van der Waals surface area (Å²) in [7, 11) is 0. The van der Waals surface area contributed by atoms with Crippen LogP contribution in [0, 0.1) is 0 Å². The molecule has 3 N–H and O–H groups in total. The summed E-state index contributed by atoms with van der Waals surface area (Å²) in [5, 5.41) is 16.0. The number of halogens is 3. The van der Waals surface area contributed by atoms with Crippen molar-refractivity contribution in [3.63, 3.8) is 0 Å². The molecule has 1 aromatic heterocycles. The Hall–Kier alpha value is -2.75. The molecule has 1 saturated carbocycles. The van der Waals surface area contributed by atoms with E-state index in [-0.39, 0.29) is 29.9 Å². The van der Waals surface area contributed by atoms with Crippen LogP contribution in [0.25, 0.3) is 0 Å². The van der Waals surface area contributed by atoms with E-state index in [2.05, 4.69) is 20.5 Å². The predicted molar refractivity (Wildman–Crippen MR) is 113 cm³/mol. The van der Waals surface area contributed by atoms with E-state index in [4.69, 9.17) is 9.52 Å². The van der Waals surface area contributed by atoms with Gasteiger partial charge in [0.15, 0.2) is 0 Å². The van der Waals surface area contributed by atoms with Crippen molar-refractivity contribution in [3.05, 3.63) is 41.8 Å². The second-order valence-corrected chi connectivity index (χ2v) is 8.47. The third-order valence-electron chi connectivity index (χ3n) is 6.22. The van der Waals surface area contributed by atoms with Gasteiger partial charge in [-0.25, -0.2) is 9.78 Å². The fraction of sp³-hybridized carbons (Fsp3) is 0.545. The van der Waals surface area contributed by atoms with E-state index in [0.717, 1.165) is 69.4 Å². The van der Waals surface area contributed by atoms with Gasteiger partial charge >= 0.3 is 12.1 Å². The number of aromatic carboxylic acids is 1. The quantitative estimate of drug-likeness (QED) is 0.600. The first kappa shape index (κ1) is 22.4. The lowest BCUT2D eigenvalue weighted by atomic mass is 9.89. The van der Waals surface area contributed by atoms with Crippen LogP contribution in [0.2, 0.25) is 0 Å². The number of carboxylic acids is 1. The van der Waals surface area contributed by atoms with Crippen LogP contribution in [0.3, 0.4) is 0 Å². The summed E-state index contributed by atoms with van der Waals surface area (Å²) in [6.07, 6.45) is 2.84. The van der Waals surface area contributed by atoms with E-state index in [1.54, 1.807) is 12.1 Å². The third kappa shape index (κ3) is 5.35. The Kier molecular flexibility index (Phi) is 6.59. The minimum absolute atomic E-state index is 0.0606. The van der Waals surface area contributed by atoms with Crippen LogP contribution in [0.15, 0.2) is 34.9 Å². The third-order valence-corrected chi connectivity index (χ3v) is 6.22. The molecule has 2 fully saturated rings. The molecule has 1 saturated heterocycles. The highest BCUT2D eigenvalue weighted by Gasteiger charge is 2.32. The number of benzene rings is 1. The molecule has 2 heterocycles. The largest absolute Gasteiger partial charge is 0.475 e. The van der Waals surface area contributed by atoms with Crippen LogP contribution in [0.1, 0.15) is 54.6 Å². The van der Waals surface area contributed by atoms with Gasteiger partial charge in [0.05, 0.1) is 11.8 Å². The minimum atomic E-state index is -4.33. The van der Waals surface area contributed by atoms with E-state index in [0.29, 0.717) is 0 Å². The Balaban J connectivity index is 1.37. The van der Waals surface area contributed by atoms with Crippen molar-refractivity contribution in [1.82, 2.24) is 10.3 Å². The molecule has 0 unspecified atom stereocenters. The van der Waals surface area contributed by atoms with Crippen molar-refractivity contribution >= 4 is 17.7 Å². The Morgan fingerprint density at radius 1 is 1.09 bits per heavy atom. The maximum atomic E-state index is 12.8. The predicted octanol–water partition coefficient (Wildman–Crippen LogP) is 4.37. The lowest BCUT2D eigenvalue weighted by Crippen LogP contribution is -2.54. The van der Waals surface area contributed by atoms with Crippen LogP contribution in [-0.4, -0.2) is 47.3 Å². The average molecular weight is 452 g/mol. The highest BCUT2D eigenvalue weighted by Crippen LogP contribution is 2.31. The first-order chi connectivity index (χ1) is 15.3. The second kappa shape index (κ2) is 9.40. The average Bonchev–Trinajstić information content (AvgIpc) is 3.24. The summed E-state index contributed by atoms with van der Waals surface area (Å²) in [5.74, 6) is -1.36. The molecular weight excluding hydrogens is 425 g/mol. The number of piperidine rings is 1. The van der Waals surface area contributed by atoms with Crippen molar-refractivity contribution < 1.29 is 27.5 Å². The van der Waals surface area contributed by atoms with Crippen molar-refractivity contribution in [2.24, 2.45) is 0 Å². The molecule has 1 aliphatic heterocycles. The molecule has 0 amide bonds.